The molecule has 1 aliphatic carbocycles. The third-order valence-corrected chi connectivity index (χ3v) is 5.54. The van der Waals surface area contributed by atoms with Crippen LogP contribution in [0.4, 0.5) is 13.2 Å². The van der Waals surface area contributed by atoms with Gasteiger partial charge in [-0.2, -0.15) is 13.2 Å². The summed E-state index contributed by atoms with van der Waals surface area (Å²) in [5, 5.41) is 2.89. The molecule has 0 unspecified atom stereocenters. The summed E-state index contributed by atoms with van der Waals surface area (Å²) < 4.78 is 44.2. The molecular weight excluding hydrogens is 333 g/mol. The Bertz CT molecular complexity index is 635. The molecule has 0 atom stereocenters. The lowest BCUT2D eigenvalue weighted by Crippen LogP contribution is -2.59. The molecule has 1 saturated carbocycles. The van der Waals surface area contributed by atoms with E-state index < -0.39 is 22.7 Å². The number of ether oxygens (including phenoxy) is 1. The fourth-order valence-corrected chi connectivity index (χ4v) is 3.58. The SMILES string of the molecule is NC1(C(=O)NCC2(c3cccc(C(F)(F)F)c3)CCC2)CCOCC1. The summed E-state index contributed by atoms with van der Waals surface area (Å²) in [5.74, 6) is -0.242. The van der Waals surface area contributed by atoms with Gasteiger partial charge in [-0.25, -0.2) is 0 Å². The average molecular weight is 356 g/mol. The number of benzene rings is 1. The van der Waals surface area contributed by atoms with E-state index in [2.05, 4.69) is 5.32 Å². The molecule has 0 spiro atoms. The number of nitrogens with one attached hydrogen (secondary N) is 1. The van der Waals surface area contributed by atoms with Gasteiger partial charge in [0.05, 0.1) is 11.1 Å². The van der Waals surface area contributed by atoms with Crippen molar-refractivity contribution in [3.8, 4) is 0 Å². The topological polar surface area (TPSA) is 64.4 Å². The van der Waals surface area contributed by atoms with Gasteiger partial charge in [-0.05, 0) is 37.3 Å². The average Bonchev–Trinajstić information content (AvgIpc) is 2.54. The number of hydrogen-bond acceptors (Lipinski definition) is 3. The van der Waals surface area contributed by atoms with Crippen LogP contribution in [0, 0.1) is 0 Å². The number of amides is 1. The number of carbonyl (C=O) groups excluding carboxylic acids is 1. The maximum Gasteiger partial charge on any atom is 0.416 e. The fraction of sp³-hybridized carbons (Fsp3) is 0.611. The Labute approximate surface area is 144 Å². The number of rotatable bonds is 4. The summed E-state index contributed by atoms with van der Waals surface area (Å²) in [6, 6.07) is 5.43. The second-order valence-corrected chi connectivity index (χ2v) is 7.16. The highest BCUT2D eigenvalue weighted by molar-refractivity contribution is 5.86. The van der Waals surface area contributed by atoms with Crippen molar-refractivity contribution in [2.75, 3.05) is 19.8 Å². The normalized spacial score (nSPS) is 22.1. The maximum absolute atomic E-state index is 13.0. The molecule has 1 aliphatic heterocycles. The summed E-state index contributed by atoms with van der Waals surface area (Å²) in [4.78, 5) is 12.5. The van der Waals surface area contributed by atoms with Crippen molar-refractivity contribution in [3.63, 3.8) is 0 Å². The minimum absolute atomic E-state index is 0.242. The molecule has 4 nitrogen and oxygen atoms in total. The first-order chi connectivity index (χ1) is 11.8. The number of alkyl halides is 3. The zero-order valence-electron chi connectivity index (χ0n) is 14.0. The van der Waals surface area contributed by atoms with Crippen LogP contribution in [0.25, 0.3) is 0 Å². The second-order valence-electron chi connectivity index (χ2n) is 7.16. The largest absolute Gasteiger partial charge is 0.416 e. The summed E-state index contributed by atoms with van der Waals surface area (Å²) in [6.45, 7) is 1.21. The molecule has 2 aliphatic rings. The smallest absolute Gasteiger partial charge is 0.381 e. The summed E-state index contributed by atoms with van der Waals surface area (Å²) in [5.41, 5.74) is 4.77. The molecule has 0 aromatic heterocycles. The van der Waals surface area contributed by atoms with Crippen molar-refractivity contribution >= 4 is 5.91 Å². The molecule has 3 N–H and O–H groups in total. The highest BCUT2D eigenvalue weighted by Crippen LogP contribution is 2.44. The van der Waals surface area contributed by atoms with Crippen LogP contribution in [0.2, 0.25) is 0 Å². The first-order valence-electron chi connectivity index (χ1n) is 8.58. The predicted molar refractivity (Wildman–Crippen MR) is 87.0 cm³/mol. The first kappa shape index (κ1) is 18.2. The van der Waals surface area contributed by atoms with Gasteiger partial charge >= 0.3 is 6.18 Å². The Hall–Kier alpha value is -1.60. The predicted octanol–water partition coefficient (Wildman–Crippen LogP) is 2.75. The van der Waals surface area contributed by atoms with Crippen LogP contribution in [-0.4, -0.2) is 31.2 Å². The molecular formula is C18H23F3N2O2. The van der Waals surface area contributed by atoms with Gasteiger partial charge in [0.15, 0.2) is 0 Å². The van der Waals surface area contributed by atoms with Crippen LogP contribution in [0.3, 0.4) is 0 Å². The van der Waals surface area contributed by atoms with Crippen molar-refractivity contribution in [2.24, 2.45) is 5.73 Å². The Morgan fingerprint density at radius 3 is 2.44 bits per heavy atom. The number of hydrogen-bond donors (Lipinski definition) is 2. The van der Waals surface area contributed by atoms with E-state index in [0.717, 1.165) is 25.3 Å². The molecule has 7 heteroatoms. The molecule has 25 heavy (non-hydrogen) atoms. The summed E-state index contributed by atoms with van der Waals surface area (Å²) >= 11 is 0. The van der Waals surface area contributed by atoms with Gasteiger partial charge in [0.1, 0.15) is 0 Å². The van der Waals surface area contributed by atoms with E-state index in [1.807, 2.05) is 0 Å². The van der Waals surface area contributed by atoms with E-state index in [1.54, 1.807) is 6.07 Å². The van der Waals surface area contributed by atoms with E-state index in [1.165, 1.54) is 12.1 Å². The van der Waals surface area contributed by atoms with Gasteiger partial charge in [-0.3, -0.25) is 4.79 Å². The van der Waals surface area contributed by atoms with Gasteiger partial charge in [0, 0.05) is 25.2 Å². The highest BCUT2D eigenvalue weighted by atomic mass is 19.4. The maximum atomic E-state index is 13.0. The molecule has 1 saturated heterocycles. The fourth-order valence-electron chi connectivity index (χ4n) is 3.58. The van der Waals surface area contributed by atoms with Crippen LogP contribution in [0.15, 0.2) is 24.3 Å². The van der Waals surface area contributed by atoms with Crippen LogP contribution < -0.4 is 11.1 Å². The molecule has 0 bridgehead atoms. The van der Waals surface area contributed by atoms with Crippen LogP contribution in [0.1, 0.15) is 43.2 Å². The lowest BCUT2D eigenvalue weighted by Gasteiger charge is -2.43. The molecule has 2 fully saturated rings. The molecule has 1 heterocycles. The van der Waals surface area contributed by atoms with E-state index in [4.69, 9.17) is 10.5 Å². The van der Waals surface area contributed by atoms with Crippen LogP contribution in [-0.2, 0) is 21.1 Å². The van der Waals surface area contributed by atoms with E-state index >= 15 is 0 Å². The van der Waals surface area contributed by atoms with Crippen molar-refractivity contribution in [1.82, 2.24) is 5.32 Å². The van der Waals surface area contributed by atoms with Gasteiger partial charge in [-0.15, -0.1) is 0 Å². The Morgan fingerprint density at radius 2 is 1.88 bits per heavy atom. The third-order valence-electron chi connectivity index (χ3n) is 5.54. The van der Waals surface area contributed by atoms with E-state index in [9.17, 15) is 18.0 Å². The molecule has 0 radical (unpaired) electrons. The minimum atomic E-state index is -4.37. The van der Waals surface area contributed by atoms with E-state index in [-0.39, 0.29) is 5.91 Å². The second kappa shape index (κ2) is 6.61. The first-order valence-corrected chi connectivity index (χ1v) is 8.58. The molecule has 1 aromatic carbocycles. The number of halogens is 3. The highest BCUT2D eigenvalue weighted by Gasteiger charge is 2.42. The Morgan fingerprint density at radius 1 is 1.20 bits per heavy atom. The Balaban J connectivity index is 1.72. The van der Waals surface area contributed by atoms with Gasteiger partial charge in [-0.1, -0.05) is 24.6 Å². The van der Waals surface area contributed by atoms with Gasteiger partial charge in [0.25, 0.3) is 0 Å². The summed E-state index contributed by atoms with van der Waals surface area (Å²) in [7, 11) is 0. The zero-order valence-corrected chi connectivity index (χ0v) is 14.0. The number of carbonyl (C=O) groups is 1. The lowest BCUT2D eigenvalue weighted by molar-refractivity contribution is -0.137. The summed E-state index contributed by atoms with van der Waals surface area (Å²) in [6.07, 6.45) is -1.00. The third kappa shape index (κ3) is 3.67. The molecule has 138 valence electrons. The minimum Gasteiger partial charge on any atom is -0.381 e. The monoisotopic (exact) mass is 356 g/mol. The number of nitrogens with two attached hydrogens (primary N) is 1. The Kier molecular flexibility index (Phi) is 4.81. The van der Waals surface area contributed by atoms with Crippen molar-refractivity contribution < 1.29 is 22.7 Å². The van der Waals surface area contributed by atoms with Crippen molar-refractivity contribution in [3.05, 3.63) is 35.4 Å². The van der Waals surface area contributed by atoms with Crippen molar-refractivity contribution in [2.45, 2.75) is 49.2 Å². The standard InChI is InChI=1S/C18H23F3N2O2/c19-18(20,21)14-4-1-3-13(11-14)16(5-2-6-16)12-23-15(24)17(22)7-9-25-10-8-17/h1,3-4,11H,2,5-10,12,22H2,(H,23,24). The quantitative estimate of drug-likeness (QED) is 0.872. The van der Waals surface area contributed by atoms with Crippen molar-refractivity contribution in [1.29, 1.82) is 0 Å². The van der Waals surface area contributed by atoms with Crippen LogP contribution in [0.5, 0.6) is 0 Å². The van der Waals surface area contributed by atoms with Gasteiger partial charge < -0.3 is 15.8 Å². The molecule has 1 amide bonds. The van der Waals surface area contributed by atoms with Crippen LogP contribution >= 0.6 is 0 Å². The van der Waals surface area contributed by atoms with Gasteiger partial charge in [0.2, 0.25) is 5.91 Å². The van der Waals surface area contributed by atoms with E-state index in [0.29, 0.717) is 38.2 Å². The molecule has 1 aromatic rings. The zero-order chi connectivity index (χ0) is 18.1. The lowest BCUT2D eigenvalue weighted by atomic mass is 9.64. The molecule has 3 rings (SSSR count).